The zero-order chi connectivity index (χ0) is 20.5. The van der Waals surface area contributed by atoms with Crippen LogP contribution >= 0.6 is 11.3 Å². The lowest BCUT2D eigenvalue weighted by Crippen LogP contribution is -2.15. The molecule has 8 heteroatoms. The van der Waals surface area contributed by atoms with E-state index in [0.717, 1.165) is 21.9 Å². The van der Waals surface area contributed by atoms with Crippen LogP contribution in [0.1, 0.15) is 21.1 Å². The summed E-state index contributed by atoms with van der Waals surface area (Å²) in [6.45, 7) is 3.79. The Kier molecular flexibility index (Phi) is 4.94. The molecule has 1 N–H and O–H groups in total. The van der Waals surface area contributed by atoms with Gasteiger partial charge in [0.15, 0.2) is 16.5 Å². The molecule has 0 bridgehead atoms. The second kappa shape index (κ2) is 7.56. The van der Waals surface area contributed by atoms with E-state index in [-0.39, 0.29) is 5.91 Å². The molecule has 3 heterocycles. The zero-order valence-corrected chi connectivity index (χ0v) is 17.3. The highest BCUT2D eigenvalue weighted by molar-refractivity contribution is 7.16. The number of hydrogen-bond donors (Lipinski definition) is 1. The number of rotatable bonds is 5. The third-order valence-corrected chi connectivity index (χ3v) is 5.49. The lowest BCUT2D eigenvalue weighted by Gasteiger charge is -2.05. The molecule has 29 heavy (non-hydrogen) atoms. The molecule has 0 fully saturated rings. The number of aromatic nitrogens is 3. The number of pyridine rings is 1. The van der Waals surface area contributed by atoms with Crippen LogP contribution < -0.4 is 14.8 Å². The van der Waals surface area contributed by atoms with E-state index in [4.69, 9.17) is 9.47 Å². The van der Waals surface area contributed by atoms with Crippen molar-refractivity contribution in [3.8, 4) is 22.8 Å². The van der Waals surface area contributed by atoms with Gasteiger partial charge in [0.1, 0.15) is 11.4 Å². The Labute approximate surface area is 172 Å². The van der Waals surface area contributed by atoms with Crippen molar-refractivity contribution in [3.05, 3.63) is 58.9 Å². The number of carbonyl (C=O) groups excluding carboxylic acids is 1. The monoisotopic (exact) mass is 408 g/mol. The van der Waals surface area contributed by atoms with E-state index in [1.54, 1.807) is 31.7 Å². The van der Waals surface area contributed by atoms with Crippen LogP contribution in [0.2, 0.25) is 0 Å². The summed E-state index contributed by atoms with van der Waals surface area (Å²) >= 11 is 1.43. The van der Waals surface area contributed by atoms with Gasteiger partial charge in [-0.3, -0.25) is 14.5 Å². The maximum absolute atomic E-state index is 13.0. The number of nitrogens with zero attached hydrogens (tertiary/aromatic N) is 3. The van der Waals surface area contributed by atoms with Gasteiger partial charge in [0.25, 0.3) is 5.91 Å². The summed E-state index contributed by atoms with van der Waals surface area (Å²) < 4.78 is 12.3. The van der Waals surface area contributed by atoms with Crippen molar-refractivity contribution in [2.45, 2.75) is 13.8 Å². The molecule has 1 amide bonds. The minimum Gasteiger partial charge on any atom is -0.497 e. The maximum Gasteiger partial charge on any atom is 0.276 e. The molecule has 0 saturated heterocycles. The molecule has 148 valence electrons. The van der Waals surface area contributed by atoms with Gasteiger partial charge in [-0.1, -0.05) is 0 Å². The van der Waals surface area contributed by atoms with Crippen LogP contribution in [0.5, 0.6) is 11.5 Å². The van der Waals surface area contributed by atoms with E-state index >= 15 is 0 Å². The lowest BCUT2D eigenvalue weighted by molar-refractivity contribution is 0.102. The zero-order valence-electron chi connectivity index (χ0n) is 16.5. The van der Waals surface area contributed by atoms with Gasteiger partial charge < -0.3 is 9.47 Å². The Balaban J connectivity index is 1.64. The van der Waals surface area contributed by atoms with E-state index in [0.29, 0.717) is 27.9 Å². The lowest BCUT2D eigenvalue weighted by atomic mass is 10.1. The third kappa shape index (κ3) is 3.42. The topological polar surface area (TPSA) is 77.8 Å². The van der Waals surface area contributed by atoms with Crippen LogP contribution in [-0.4, -0.2) is 34.5 Å². The predicted molar refractivity (Wildman–Crippen MR) is 113 cm³/mol. The quantitative estimate of drug-likeness (QED) is 0.531. The van der Waals surface area contributed by atoms with E-state index in [2.05, 4.69) is 15.3 Å². The van der Waals surface area contributed by atoms with Crippen LogP contribution in [0.15, 0.2) is 42.6 Å². The van der Waals surface area contributed by atoms with Gasteiger partial charge in [-0.05, 0) is 50.2 Å². The Morgan fingerprint density at radius 2 is 1.83 bits per heavy atom. The molecule has 0 saturated carbocycles. The summed E-state index contributed by atoms with van der Waals surface area (Å²) in [5.41, 5.74) is 3.49. The summed E-state index contributed by atoms with van der Waals surface area (Å²) in [6.07, 6.45) is 1.79. The van der Waals surface area contributed by atoms with Gasteiger partial charge in [0, 0.05) is 16.6 Å². The van der Waals surface area contributed by atoms with E-state index in [1.807, 2.05) is 43.3 Å². The standard InChI is InChI=1S/C21H20N4O3S/c1-12-18(25-11-5-6-16(28-4)19(25)22-12)20(26)24-21-23-17(13(2)29-21)14-7-9-15(27-3)10-8-14/h5-11H,1-4H3,(H,23,24,26). The Morgan fingerprint density at radius 1 is 1.07 bits per heavy atom. The Bertz CT molecular complexity index is 1190. The largest absolute Gasteiger partial charge is 0.497 e. The smallest absolute Gasteiger partial charge is 0.276 e. The van der Waals surface area contributed by atoms with Crippen LogP contribution in [0, 0.1) is 13.8 Å². The van der Waals surface area contributed by atoms with E-state index in [1.165, 1.54) is 11.3 Å². The van der Waals surface area contributed by atoms with Crippen molar-refractivity contribution in [1.82, 2.24) is 14.4 Å². The minimum atomic E-state index is -0.265. The van der Waals surface area contributed by atoms with Crippen LogP contribution in [0.4, 0.5) is 5.13 Å². The van der Waals surface area contributed by atoms with Gasteiger partial charge in [0.05, 0.1) is 25.6 Å². The van der Waals surface area contributed by atoms with Gasteiger partial charge >= 0.3 is 0 Å². The number of thiazole rings is 1. The first-order valence-electron chi connectivity index (χ1n) is 8.96. The number of imidazole rings is 1. The van der Waals surface area contributed by atoms with Gasteiger partial charge in [-0.2, -0.15) is 0 Å². The number of carbonyl (C=O) groups is 1. The molecule has 4 rings (SSSR count). The number of anilines is 1. The molecule has 0 aliphatic heterocycles. The number of fused-ring (bicyclic) bond motifs is 1. The number of amides is 1. The van der Waals surface area contributed by atoms with E-state index in [9.17, 15) is 4.79 Å². The highest BCUT2D eigenvalue weighted by Crippen LogP contribution is 2.32. The number of ether oxygens (including phenoxy) is 2. The predicted octanol–water partition coefficient (Wildman–Crippen LogP) is 4.34. The highest BCUT2D eigenvalue weighted by atomic mass is 32.1. The number of hydrogen-bond acceptors (Lipinski definition) is 6. The first-order chi connectivity index (χ1) is 14.0. The Hall–Kier alpha value is -3.39. The molecule has 0 radical (unpaired) electrons. The normalized spacial score (nSPS) is 10.9. The Morgan fingerprint density at radius 3 is 2.52 bits per heavy atom. The van der Waals surface area contributed by atoms with Crippen LogP contribution in [0.25, 0.3) is 16.9 Å². The molecular weight excluding hydrogens is 388 g/mol. The van der Waals surface area contributed by atoms with Crippen molar-refractivity contribution in [1.29, 1.82) is 0 Å². The average Bonchev–Trinajstić information content (AvgIpc) is 3.26. The molecule has 0 aliphatic carbocycles. The fourth-order valence-corrected chi connectivity index (χ4v) is 4.04. The summed E-state index contributed by atoms with van der Waals surface area (Å²) in [4.78, 5) is 23.1. The third-order valence-electron chi connectivity index (χ3n) is 4.60. The molecule has 4 aromatic rings. The molecule has 0 atom stereocenters. The molecule has 0 unspecified atom stereocenters. The van der Waals surface area contributed by atoms with Gasteiger partial charge in [-0.25, -0.2) is 9.97 Å². The number of nitrogens with one attached hydrogen (secondary N) is 1. The summed E-state index contributed by atoms with van der Waals surface area (Å²) in [7, 11) is 3.21. The fraction of sp³-hybridized carbons (Fsp3) is 0.190. The van der Waals surface area contributed by atoms with Crippen LogP contribution in [0.3, 0.4) is 0 Å². The summed E-state index contributed by atoms with van der Waals surface area (Å²) in [5.74, 6) is 1.13. The summed E-state index contributed by atoms with van der Waals surface area (Å²) in [6, 6.07) is 11.3. The van der Waals surface area contributed by atoms with Crippen molar-refractivity contribution >= 4 is 28.0 Å². The SMILES string of the molecule is COc1ccc(-c2nc(NC(=O)c3c(C)nc4c(OC)cccn34)sc2C)cc1. The minimum absolute atomic E-state index is 0.265. The average molecular weight is 408 g/mol. The number of benzene rings is 1. The number of methoxy groups -OCH3 is 2. The first kappa shape index (κ1) is 18.9. The van der Waals surface area contributed by atoms with Crippen molar-refractivity contribution in [2.24, 2.45) is 0 Å². The van der Waals surface area contributed by atoms with Crippen molar-refractivity contribution in [3.63, 3.8) is 0 Å². The molecule has 7 nitrogen and oxygen atoms in total. The van der Waals surface area contributed by atoms with Crippen LogP contribution in [-0.2, 0) is 0 Å². The second-order valence-corrected chi connectivity index (χ2v) is 7.63. The molecule has 0 spiro atoms. The van der Waals surface area contributed by atoms with Crippen molar-refractivity contribution in [2.75, 3.05) is 19.5 Å². The molecule has 0 aliphatic rings. The van der Waals surface area contributed by atoms with Gasteiger partial charge in [0.2, 0.25) is 0 Å². The first-order valence-corrected chi connectivity index (χ1v) is 9.78. The molecule has 3 aromatic heterocycles. The molecule has 1 aromatic carbocycles. The summed E-state index contributed by atoms with van der Waals surface area (Å²) in [5, 5.41) is 3.45. The van der Waals surface area contributed by atoms with Gasteiger partial charge in [-0.15, -0.1) is 11.3 Å². The number of aryl methyl sites for hydroxylation is 2. The second-order valence-electron chi connectivity index (χ2n) is 6.42. The van der Waals surface area contributed by atoms with E-state index < -0.39 is 0 Å². The highest BCUT2D eigenvalue weighted by Gasteiger charge is 2.20. The molecular formula is C21H20N4O3S. The fourth-order valence-electron chi connectivity index (χ4n) is 3.21. The van der Waals surface area contributed by atoms with Crippen molar-refractivity contribution < 1.29 is 14.3 Å². The maximum atomic E-state index is 13.0.